The molecule has 0 radical (unpaired) electrons. The number of nitrogens with one attached hydrogen (secondary N) is 1. The minimum atomic E-state index is -3.74. The van der Waals surface area contributed by atoms with Gasteiger partial charge in [0.2, 0.25) is 21.8 Å². The zero-order valence-electron chi connectivity index (χ0n) is 21.7. The van der Waals surface area contributed by atoms with Gasteiger partial charge in [-0.25, -0.2) is 8.42 Å². The topological polar surface area (TPSA) is 86.8 Å². The van der Waals surface area contributed by atoms with Crippen LogP contribution in [-0.2, 0) is 32.6 Å². The van der Waals surface area contributed by atoms with E-state index >= 15 is 0 Å². The highest BCUT2D eigenvalue weighted by molar-refractivity contribution is 7.92. The number of benzene rings is 2. The van der Waals surface area contributed by atoms with E-state index in [-0.39, 0.29) is 24.9 Å². The predicted octanol–water partition coefficient (Wildman–Crippen LogP) is 3.90. The zero-order chi connectivity index (χ0) is 26.2. The van der Waals surface area contributed by atoms with Crippen molar-refractivity contribution in [2.24, 2.45) is 5.92 Å². The lowest BCUT2D eigenvalue weighted by atomic mass is 10.1. The SMILES string of the molecule is CCc1ccc(N(CC(=O)N(Cc2ccccc2C)[C@H](CC)C(=O)NCC(C)C)S(C)(=O)=O)cc1. The number of anilines is 1. The molecule has 0 unspecified atom stereocenters. The number of sulfonamides is 1. The molecule has 1 atom stereocenters. The average molecular weight is 502 g/mol. The van der Waals surface area contributed by atoms with Gasteiger partial charge in [-0.3, -0.25) is 13.9 Å². The molecule has 0 fully saturated rings. The first kappa shape index (κ1) is 28.4. The third-order valence-corrected chi connectivity index (χ3v) is 7.12. The maximum absolute atomic E-state index is 13.7. The molecule has 0 heterocycles. The number of nitrogens with zero attached hydrogens (tertiary/aromatic N) is 2. The lowest BCUT2D eigenvalue weighted by Gasteiger charge is -2.33. The summed E-state index contributed by atoms with van der Waals surface area (Å²) in [6.45, 7) is 10.2. The van der Waals surface area contributed by atoms with E-state index in [1.807, 2.05) is 71.0 Å². The third kappa shape index (κ3) is 8.09. The van der Waals surface area contributed by atoms with Crippen LogP contribution in [0.5, 0.6) is 0 Å². The van der Waals surface area contributed by atoms with E-state index in [1.165, 1.54) is 4.90 Å². The van der Waals surface area contributed by atoms with E-state index in [0.717, 1.165) is 33.7 Å². The minimum absolute atomic E-state index is 0.214. The Morgan fingerprint density at radius 1 is 1.00 bits per heavy atom. The van der Waals surface area contributed by atoms with Crippen molar-refractivity contribution in [1.82, 2.24) is 10.2 Å². The fraction of sp³-hybridized carbons (Fsp3) is 0.481. The van der Waals surface area contributed by atoms with Crippen molar-refractivity contribution in [3.63, 3.8) is 0 Å². The van der Waals surface area contributed by atoms with Crippen molar-refractivity contribution in [2.75, 3.05) is 23.7 Å². The number of rotatable bonds is 12. The van der Waals surface area contributed by atoms with Crippen molar-refractivity contribution in [1.29, 1.82) is 0 Å². The van der Waals surface area contributed by atoms with E-state index < -0.39 is 22.0 Å². The predicted molar refractivity (Wildman–Crippen MR) is 142 cm³/mol. The average Bonchev–Trinajstić information content (AvgIpc) is 2.81. The van der Waals surface area contributed by atoms with Crippen LogP contribution >= 0.6 is 0 Å². The molecule has 8 heteroatoms. The highest BCUT2D eigenvalue weighted by Crippen LogP contribution is 2.21. The summed E-state index contributed by atoms with van der Waals surface area (Å²) >= 11 is 0. The summed E-state index contributed by atoms with van der Waals surface area (Å²) in [6.07, 6.45) is 2.32. The highest BCUT2D eigenvalue weighted by atomic mass is 32.2. The summed E-state index contributed by atoms with van der Waals surface area (Å²) in [7, 11) is -3.74. The maximum atomic E-state index is 13.7. The number of hydrogen-bond acceptors (Lipinski definition) is 4. The van der Waals surface area contributed by atoms with Crippen molar-refractivity contribution < 1.29 is 18.0 Å². The van der Waals surface area contributed by atoms with E-state index in [4.69, 9.17) is 0 Å². The number of carbonyl (C=O) groups is 2. The highest BCUT2D eigenvalue weighted by Gasteiger charge is 2.32. The molecule has 0 aliphatic rings. The van der Waals surface area contributed by atoms with Gasteiger partial charge in [0.05, 0.1) is 11.9 Å². The summed E-state index contributed by atoms with van der Waals surface area (Å²) in [6, 6.07) is 14.1. The van der Waals surface area contributed by atoms with Gasteiger partial charge in [-0.05, 0) is 54.5 Å². The Balaban J connectivity index is 2.42. The Kier molecular flexibility index (Phi) is 10.3. The number of aryl methyl sites for hydroxylation is 2. The van der Waals surface area contributed by atoms with E-state index in [9.17, 15) is 18.0 Å². The van der Waals surface area contributed by atoms with Crippen LogP contribution in [0, 0.1) is 12.8 Å². The van der Waals surface area contributed by atoms with Gasteiger partial charge in [0.15, 0.2) is 0 Å². The largest absolute Gasteiger partial charge is 0.354 e. The molecule has 7 nitrogen and oxygen atoms in total. The smallest absolute Gasteiger partial charge is 0.244 e. The van der Waals surface area contributed by atoms with Crippen LogP contribution in [0.4, 0.5) is 5.69 Å². The molecule has 1 N–H and O–H groups in total. The van der Waals surface area contributed by atoms with Crippen LogP contribution in [-0.4, -0.2) is 50.5 Å². The molecule has 192 valence electrons. The fourth-order valence-corrected chi connectivity index (χ4v) is 4.67. The van der Waals surface area contributed by atoms with Crippen molar-refractivity contribution in [3.05, 3.63) is 65.2 Å². The van der Waals surface area contributed by atoms with Crippen LogP contribution in [0.25, 0.3) is 0 Å². The van der Waals surface area contributed by atoms with Gasteiger partial charge in [0.1, 0.15) is 12.6 Å². The van der Waals surface area contributed by atoms with E-state index in [1.54, 1.807) is 12.1 Å². The van der Waals surface area contributed by atoms with Crippen molar-refractivity contribution in [2.45, 2.75) is 60.0 Å². The molecule has 0 saturated heterocycles. The molecule has 2 amide bonds. The normalized spacial score (nSPS) is 12.3. The molecule has 0 aromatic heterocycles. The fourth-order valence-electron chi connectivity index (χ4n) is 3.82. The van der Waals surface area contributed by atoms with Crippen LogP contribution in [0.3, 0.4) is 0 Å². The van der Waals surface area contributed by atoms with Gasteiger partial charge >= 0.3 is 0 Å². The molecule has 0 saturated carbocycles. The molecule has 0 spiro atoms. The summed E-state index contributed by atoms with van der Waals surface area (Å²) < 4.78 is 26.5. The first-order valence-electron chi connectivity index (χ1n) is 12.2. The van der Waals surface area contributed by atoms with Gasteiger partial charge in [-0.2, -0.15) is 0 Å². The van der Waals surface area contributed by atoms with E-state index in [2.05, 4.69) is 5.32 Å². The molecule has 2 rings (SSSR count). The van der Waals surface area contributed by atoms with Crippen LogP contribution in [0.15, 0.2) is 48.5 Å². The lowest BCUT2D eigenvalue weighted by Crippen LogP contribution is -2.52. The van der Waals surface area contributed by atoms with Gasteiger partial charge in [-0.1, -0.05) is 64.1 Å². The molecule has 0 bridgehead atoms. The second-order valence-electron chi connectivity index (χ2n) is 9.30. The first-order valence-corrected chi connectivity index (χ1v) is 14.0. The molecular weight excluding hydrogens is 462 g/mol. The van der Waals surface area contributed by atoms with Gasteiger partial charge in [0, 0.05) is 13.1 Å². The summed E-state index contributed by atoms with van der Waals surface area (Å²) in [5, 5.41) is 2.93. The monoisotopic (exact) mass is 501 g/mol. The standard InChI is InChI=1S/C27H39N3O4S/c1-7-22-13-15-24(16-14-22)30(35(6,33)34)19-26(31)29(18-23-12-10-9-11-21(23)5)25(8-2)27(32)28-17-20(3)4/h9-16,20,25H,7-8,17-19H2,1-6H3,(H,28,32)/t25-/m1/s1. The lowest BCUT2D eigenvalue weighted by molar-refractivity contribution is -0.140. The molecule has 2 aromatic rings. The number of hydrogen-bond donors (Lipinski definition) is 1. The summed E-state index contributed by atoms with van der Waals surface area (Å²) in [5.74, 6) is -0.394. The Morgan fingerprint density at radius 3 is 2.14 bits per heavy atom. The van der Waals surface area contributed by atoms with Gasteiger partial charge in [-0.15, -0.1) is 0 Å². The summed E-state index contributed by atoms with van der Waals surface area (Å²) in [5.41, 5.74) is 3.40. The van der Waals surface area contributed by atoms with Crippen LogP contribution in [0.2, 0.25) is 0 Å². The molecule has 2 aromatic carbocycles. The molecule has 35 heavy (non-hydrogen) atoms. The van der Waals surface area contributed by atoms with Gasteiger partial charge in [0.25, 0.3) is 0 Å². The summed E-state index contributed by atoms with van der Waals surface area (Å²) in [4.78, 5) is 28.3. The Labute approximate surface area is 210 Å². The van der Waals surface area contributed by atoms with Crippen molar-refractivity contribution in [3.8, 4) is 0 Å². The van der Waals surface area contributed by atoms with E-state index in [0.29, 0.717) is 18.7 Å². The second-order valence-corrected chi connectivity index (χ2v) is 11.2. The molecule has 0 aliphatic carbocycles. The van der Waals surface area contributed by atoms with Gasteiger partial charge < -0.3 is 10.2 Å². The second kappa shape index (κ2) is 12.7. The minimum Gasteiger partial charge on any atom is -0.354 e. The molecule has 0 aliphatic heterocycles. The van der Waals surface area contributed by atoms with Crippen LogP contribution in [0.1, 0.15) is 50.8 Å². The number of amides is 2. The maximum Gasteiger partial charge on any atom is 0.244 e. The Morgan fingerprint density at radius 2 is 1.63 bits per heavy atom. The molecular formula is C27H39N3O4S. The zero-order valence-corrected chi connectivity index (χ0v) is 22.6. The Hall–Kier alpha value is -2.87. The third-order valence-electron chi connectivity index (χ3n) is 5.98. The quantitative estimate of drug-likeness (QED) is 0.478. The Bertz CT molecular complexity index is 1100. The number of carbonyl (C=O) groups excluding carboxylic acids is 2. The van der Waals surface area contributed by atoms with Crippen molar-refractivity contribution >= 4 is 27.5 Å². The first-order chi connectivity index (χ1) is 16.5. The van der Waals surface area contributed by atoms with Crippen LogP contribution < -0.4 is 9.62 Å².